The Balaban J connectivity index is 0.885. The van der Waals surface area contributed by atoms with Crippen molar-refractivity contribution in [2.75, 3.05) is 0 Å². The summed E-state index contributed by atoms with van der Waals surface area (Å²) in [5.41, 5.74) is 9.73. The van der Waals surface area contributed by atoms with Crippen LogP contribution in [0.15, 0.2) is 113 Å². The molecule has 54 heavy (non-hydrogen) atoms. The molecule has 1 spiro atoms. The Morgan fingerprint density at radius 1 is 0.611 bits per heavy atom. The SMILES string of the molecule is O=S1c2ccccc2-c2c1ccc1ccc(-c3nc(-c4ccc(C56CC7[C@@H](CC[C@H]7C5)C6)cc4)nc(-c4ccc(C56C[C@@H]7CC[C@]8(C5)C7C68)cc4)n3)cc21. The highest BCUT2D eigenvalue weighted by molar-refractivity contribution is 7.85. The molecular formula is C49H41N3OS. The van der Waals surface area contributed by atoms with Crippen LogP contribution in [-0.4, -0.2) is 19.2 Å². The maximum absolute atomic E-state index is 13.5. The standard InChI is InChI=1S/C49H41N3OS/c53-54-39-4-2-1-3-36(39)41-37-21-30(6-5-27(37)13-18-40(41)54)46-51-44(28-9-14-34(15-10-28)47-22-31-7-8-32(23-47)38(31)25-47)50-45(52-46)29-11-16-35(17-12-29)49-24-33-19-20-48(26-49)42(33)43(48)49/h1-6,9-18,21,31-33,38,42-43H,7-8,19-20,22-26H2/t31-,32-,33-,38?,42?,43?,47?,48-,49?,54?/m0/s1. The number of aromatic nitrogens is 3. The third-order valence-corrected chi connectivity index (χ3v) is 18.3. The van der Waals surface area contributed by atoms with Crippen LogP contribution in [0.4, 0.5) is 0 Å². The lowest BCUT2D eigenvalue weighted by Gasteiger charge is -2.47. The van der Waals surface area contributed by atoms with Crippen molar-refractivity contribution in [2.24, 2.45) is 40.9 Å². The highest BCUT2D eigenvalue weighted by Crippen LogP contribution is 2.93. The van der Waals surface area contributed by atoms with E-state index < -0.39 is 10.8 Å². The molecule has 7 saturated carbocycles. The molecule has 1 aromatic heterocycles. The molecule has 8 aliphatic rings. The molecule has 5 heteroatoms. The average molecular weight is 720 g/mol. The zero-order valence-electron chi connectivity index (χ0n) is 30.3. The fraction of sp³-hybridized carbons (Fsp3) is 0.367. The normalized spacial score (nSPS) is 36.3. The fourth-order valence-electron chi connectivity index (χ4n) is 14.9. The van der Waals surface area contributed by atoms with Crippen LogP contribution in [-0.2, 0) is 21.6 Å². The number of hydrogen-bond donors (Lipinski definition) is 0. The van der Waals surface area contributed by atoms with Gasteiger partial charge in [-0.15, -0.1) is 0 Å². The van der Waals surface area contributed by atoms with Gasteiger partial charge in [-0.2, -0.15) is 0 Å². The molecule has 8 atom stereocenters. The Morgan fingerprint density at radius 3 is 1.98 bits per heavy atom. The molecule has 4 nitrogen and oxygen atoms in total. The van der Waals surface area contributed by atoms with E-state index >= 15 is 0 Å². The Labute approximate surface area is 318 Å². The quantitative estimate of drug-likeness (QED) is 0.178. The number of fused-ring (bicyclic) bond motifs is 6. The van der Waals surface area contributed by atoms with Gasteiger partial charge in [0.15, 0.2) is 17.5 Å². The van der Waals surface area contributed by atoms with Gasteiger partial charge in [0.1, 0.15) is 0 Å². The van der Waals surface area contributed by atoms with E-state index in [4.69, 9.17) is 15.0 Å². The van der Waals surface area contributed by atoms with E-state index in [-0.39, 0.29) is 0 Å². The van der Waals surface area contributed by atoms with E-state index in [0.717, 1.165) is 101 Å². The molecule has 7 aliphatic carbocycles. The Hall–Kier alpha value is -4.48. The summed E-state index contributed by atoms with van der Waals surface area (Å²) >= 11 is 0. The van der Waals surface area contributed by atoms with Crippen LogP contribution < -0.4 is 0 Å². The van der Waals surface area contributed by atoms with Crippen LogP contribution >= 0.6 is 0 Å². The summed E-state index contributed by atoms with van der Waals surface area (Å²) in [6.07, 6.45) is 12.8. The lowest BCUT2D eigenvalue weighted by atomic mass is 9.57. The van der Waals surface area contributed by atoms with Gasteiger partial charge < -0.3 is 0 Å². The van der Waals surface area contributed by atoms with E-state index in [1.54, 1.807) is 5.56 Å². The van der Waals surface area contributed by atoms with Gasteiger partial charge in [-0.1, -0.05) is 84.9 Å². The van der Waals surface area contributed by atoms with Crippen molar-refractivity contribution < 1.29 is 4.21 Å². The van der Waals surface area contributed by atoms with E-state index in [0.29, 0.717) is 16.7 Å². The summed E-state index contributed by atoms with van der Waals surface area (Å²) in [6, 6.07) is 37.4. The van der Waals surface area contributed by atoms with E-state index in [1.807, 2.05) is 24.3 Å². The Bertz CT molecular complexity index is 2580. The minimum absolute atomic E-state index is 0.374. The van der Waals surface area contributed by atoms with Crippen molar-refractivity contribution in [2.45, 2.75) is 78.4 Å². The van der Waals surface area contributed by atoms with E-state index in [9.17, 15) is 4.21 Å². The molecule has 0 radical (unpaired) electrons. The second-order valence-corrected chi connectivity index (χ2v) is 20.2. The molecule has 5 aromatic carbocycles. The van der Waals surface area contributed by atoms with Gasteiger partial charge in [-0.05, 0) is 150 Å². The van der Waals surface area contributed by atoms with Gasteiger partial charge >= 0.3 is 0 Å². The van der Waals surface area contributed by atoms with Crippen molar-refractivity contribution in [3.05, 3.63) is 114 Å². The van der Waals surface area contributed by atoms with Crippen molar-refractivity contribution in [1.29, 1.82) is 0 Å². The predicted molar refractivity (Wildman–Crippen MR) is 212 cm³/mol. The summed E-state index contributed by atoms with van der Waals surface area (Å²) in [6.45, 7) is 0. The fourth-order valence-corrected chi connectivity index (χ4v) is 16.4. The zero-order valence-corrected chi connectivity index (χ0v) is 31.1. The predicted octanol–water partition coefficient (Wildman–Crippen LogP) is 10.9. The van der Waals surface area contributed by atoms with E-state index in [2.05, 4.69) is 78.9 Å². The minimum Gasteiger partial charge on any atom is -0.249 e. The monoisotopic (exact) mass is 719 g/mol. The maximum Gasteiger partial charge on any atom is 0.164 e. The lowest BCUT2D eigenvalue weighted by molar-refractivity contribution is 0.119. The second-order valence-electron chi connectivity index (χ2n) is 18.8. The molecule has 14 rings (SSSR count). The zero-order chi connectivity index (χ0) is 35.1. The topological polar surface area (TPSA) is 55.7 Å². The first-order chi connectivity index (χ1) is 26.5. The van der Waals surface area contributed by atoms with Crippen LogP contribution in [0, 0.1) is 40.9 Å². The minimum atomic E-state index is -1.19. The summed E-state index contributed by atoms with van der Waals surface area (Å²) in [5.74, 6) is 7.90. The number of hydrogen-bond acceptors (Lipinski definition) is 4. The molecule has 0 saturated heterocycles. The van der Waals surface area contributed by atoms with Crippen LogP contribution in [0.3, 0.4) is 0 Å². The van der Waals surface area contributed by atoms with Crippen molar-refractivity contribution in [3.8, 4) is 45.3 Å². The highest BCUT2D eigenvalue weighted by atomic mass is 32.2. The van der Waals surface area contributed by atoms with Gasteiger partial charge in [-0.25, -0.2) is 19.2 Å². The van der Waals surface area contributed by atoms with Gasteiger partial charge in [0, 0.05) is 27.8 Å². The molecule has 4 unspecified atom stereocenters. The summed E-state index contributed by atoms with van der Waals surface area (Å²) < 4.78 is 13.5. The van der Waals surface area contributed by atoms with Crippen LogP contribution in [0.5, 0.6) is 0 Å². The van der Waals surface area contributed by atoms with E-state index in [1.165, 1.54) is 63.4 Å². The summed E-state index contributed by atoms with van der Waals surface area (Å²) in [7, 11) is -1.19. The summed E-state index contributed by atoms with van der Waals surface area (Å²) in [5, 5.41) is 2.21. The van der Waals surface area contributed by atoms with Crippen molar-refractivity contribution >= 4 is 21.6 Å². The first-order valence-corrected chi connectivity index (χ1v) is 21.7. The molecule has 2 bridgehead atoms. The smallest absolute Gasteiger partial charge is 0.164 e. The summed E-state index contributed by atoms with van der Waals surface area (Å²) in [4.78, 5) is 17.4. The molecule has 0 N–H and O–H groups in total. The Morgan fingerprint density at radius 2 is 1.28 bits per heavy atom. The Kier molecular flexibility index (Phi) is 5.43. The molecular weight excluding hydrogens is 679 g/mol. The largest absolute Gasteiger partial charge is 0.249 e. The van der Waals surface area contributed by atoms with Crippen molar-refractivity contribution in [3.63, 3.8) is 0 Å². The lowest BCUT2D eigenvalue weighted by Crippen LogP contribution is -2.42. The molecule has 264 valence electrons. The molecule has 6 aromatic rings. The van der Waals surface area contributed by atoms with Crippen LogP contribution in [0.2, 0.25) is 0 Å². The highest BCUT2D eigenvalue weighted by Gasteiger charge is 2.88. The number of nitrogens with zero attached hydrogens (tertiary/aromatic N) is 3. The number of benzene rings is 5. The first-order valence-electron chi connectivity index (χ1n) is 20.6. The van der Waals surface area contributed by atoms with Gasteiger partial charge in [0.05, 0.1) is 20.6 Å². The van der Waals surface area contributed by atoms with Crippen LogP contribution in [0.25, 0.3) is 56.1 Å². The molecule has 7 fully saturated rings. The third kappa shape index (κ3) is 3.58. The van der Waals surface area contributed by atoms with Gasteiger partial charge in [0.25, 0.3) is 0 Å². The number of rotatable bonds is 5. The average Bonchev–Trinajstić information content (AvgIpc) is 3.79. The van der Waals surface area contributed by atoms with Crippen molar-refractivity contribution in [1.82, 2.24) is 15.0 Å². The second kappa shape index (κ2) is 9.84. The first kappa shape index (κ1) is 29.8. The molecule has 2 heterocycles. The molecule has 0 amide bonds. The van der Waals surface area contributed by atoms with Gasteiger partial charge in [-0.3, -0.25) is 0 Å². The maximum atomic E-state index is 13.5. The van der Waals surface area contributed by atoms with Crippen LogP contribution in [0.1, 0.15) is 68.9 Å². The molecule has 1 aliphatic heterocycles. The third-order valence-electron chi connectivity index (χ3n) is 16.8. The van der Waals surface area contributed by atoms with Gasteiger partial charge in [0.2, 0.25) is 0 Å².